The number of hydrogen-bond acceptors (Lipinski definition) is 6. The largest absolute Gasteiger partial charge is 0.492 e. The van der Waals surface area contributed by atoms with Gasteiger partial charge in [-0.15, -0.1) is 0 Å². The number of piperidine rings is 1. The predicted octanol–water partition coefficient (Wildman–Crippen LogP) is 6.87. The first-order chi connectivity index (χ1) is 19.8. The van der Waals surface area contributed by atoms with Crippen LogP contribution < -0.4 is 20.1 Å². The lowest BCUT2D eigenvalue weighted by Crippen LogP contribution is -2.33. The zero-order chi connectivity index (χ0) is 28.7. The number of rotatable bonds is 9. The molecule has 2 aromatic heterocycles. The highest BCUT2D eigenvalue weighted by atomic mass is 16.5. The maximum atomic E-state index is 13.0. The van der Waals surface area contributed by atoms with Crippen LogP contribution in [0.2, 0.25) is 0 Å². The van der Waals surface area contributed by atoms with Gasteiger partial charge in [-0.3, -0.25) is 15.2 Å². The molecule has 0 bridgehead atoms. The smallest absolute Gasteiger partial charge is 0.324 e. The van der Waals surface area contributed by atoms with Crippen LogP contribution in [-0.2, 0) is 5.41 Å². The first-order valence-corrected chi connectivity index (χ1v) is 14.2. The van der Waals surface area contributed by atoms with Crippen LogP contribution in [0.1, 0.15) is 45.7 Å². The highest BCUT2D eigenvalue weighted by Crippen LogP contribution is 2.28. The molecule has 3 heterocycles. The highest BCUT2D eigenvalue weighted by molar-refractivity contribution is 5.99. The van der Waals surface area contributed by atoms with E-state index in [2.05, 4.69) is 41.3 Å². The second-order valence-corrected chi connectivity index (χ2v) is 11.2. The molecule has 0 aliphatic carbocycles. The molecule has 4 aromatic rings. The zero-order valence-electron chi connectivity index (χ0n) is 24.0. The van der Waals surface area contributed by atoms with Gasteiger partial charge in [0.1, 0.15) is 29.7 Å². The number of nitrogens with one attached hydrogen (secondary N) is 2. The van der Waals surface area contributed by atoms with Gasteiger partial charge >= 0.3 is 6.03 Å². The summed E-state index contributed by atoms with van der Waals surface area (Å²) in [5, 5.41) is 10.7. The molecule has 1 aliphatic rings. The molecule has 1 fully saturated rings. The maximum absolute atomic E-state index is 13.0. The second-order valence-electron chi connectivity index (χ2n) is 11.2. The lowest BCUT2D eigenvalue weighted by molar-refractivity contribution is 0.183. The first-order valence-electron chi connectivity index (χ1n) is 14.2. The van der Waals surface area contributed by atoms with Crippen LogP contribution in [0.5, 0.6) is 17.2 Å². The molecule has 214 valence electrons. The number of anilines is 2. The van der Waals surface area contributed by atoms with Crippen molar-refractivity contribution in [3.63, 3.8) is 0 Å². The molecule has 5 rings (SSSR count). The fourth-order valence-electron chi connectivity index (χ4n) is 4.62. The van der Waals surface area contributed by atoms with Crippen molar-refractivity contribution in [2.24, 2.45) is 0 Å². The molecule has 2 aromatic carbocycles. The Morgan fingerprint density at radius 2 is 1.51 bits per heavy atom. The lowest BCUT2D eigenvalue weighted by Gasteiger charge is -2.26. The summed E-state index contributed by atoms with van der Waals surface area (Å²) >= 11 is 0. The van der Waals surface area contributed by atoms with Crippen LogP contribution in [0.4, 0.5) is 16.3 Å². The summed E-state index contributed by atoms with van der Waals surface area (Å²) in [6, 6.07) is 20.1. The lowest BCUT2D eigenvalue weighted by atomic mass is 9.92. The number of carbonyl (C=O) groups is 1. The number of hydrogen-bond donors (Lipinski definition) is 2. The van der Waals surface area contributed by atoms with Crippen molar-refractivity contribution < 1.29 is 14.3 Å². The Bertz CT molecular complexity index is 1410. The van der Waals surface area contributed by atoms with Crippen LogP contribution >= 0.6 is 0 Å². The molecular weight excluding hydrogens is 516 g/mol. The van der Waals surface area contributed by atoms with Gasteiger partial charge in [0.2, 0.25) is 0 Å². The van der Waals surface area contributed by atoms with E-state index in [4.69, 9.17) is 14.6 Å². The summed E-state index contributed by atoms with van der Waals surface area (Å²) < 4.78 is 13.6. The average Bonchev–Trinajstić information content (AvgIpc) is 3.40. The molecule has 0 saturated carbocycles. The normalized spacial score (nSPS) is 13.9. The quantitative estimate of drug-likeness (QED) is 0.235. The summed E-state index contributed by atoms with van der Waals surface area (Å²) in [5.41, 5.74) is 2.14. The minimum atomic E-state index is -0.368. The molecule has 0 unspecified atom stereocenters. The third-order valence-corrected chi connectivity index (χ3v) is 6.92. The fraction of sp³-hybridized carbons (Fsp3) is 0.344. The standard InChI is InChI=1S/C32H38N6O3/c1-32(2,3)29-23-30(35-31(39)34-24-7-11-27(12-8-24)41-28-15-17-33-18-16-28)38(36-29)25-9-13-26(14-10-25)40-22-21-37-19-5-4-6-20-37/h7-18,23H,4-6,19-22H2,1-3H3,(H2,34,35,39). The summed E-state index contributed by atoms with van der Waals surface area (Å²) in [6.07, 6.45) is 7.23. The number of urea groups is 1. The van der Waals surface area contributed by atoms with Gasteiger partial charge in [0, 0.05) is 36.1 Å². The Morgan fingerprint density at radius 3 is 2.20 bits per heavy atom. The Balaban J connectivity index is 1.23. The summed E-state index contributed by atoms with van der Waals surface area (Å²) in [6.45, 7) is 10.2. The van der Waals surface area contributed by atoms with Gasteiger partial charge in [-0.25, -0.2) is 9.48 Å². The van der Waals surface area contributed by atoms with Crippen LogP contribution in [0.25, 0.3) is 5.69 Å². The predicted molar refractivity (Wildman–Crippen MR) is 161 cm³/mol. The first kappa shape index (κ1) is 28.2. The van der Waals surface area contributed by atoms with E-state index in [1.807, 2.05) is 30.3 Å². The van der Waals surface area contributed by atoms with Crippen molar-refractivity contribution in [2.45, 2.75) is 45.4 Å². The summed E-state index contributed by atoms with van der Waals surface area (Å²) in [5.74, 6) is 2.74. The van der Waals surface area contributed by atoms with Crippen LogP contribution in [0.15, 0.2) is 79.1 Å². The monoisotopic (exact) mass is 554 g/mol. The van der Waals surface area contributed by atoms with Crippen molar-refractivity contribution in [3.05, 3.63) is 84.8 Å². The molecular formula is C32H38N6O3. The third-order valence-electron chi connectivity index (χ3n) is 6.92. The van der Waals surface area contributed by atoms with Crippen LogP contribution in [0, 0.1) is 0 Å². The maximum Gasteiger partial charge on any atom is 0.324 e. The van der Waals surface area contributed by atoms with Gasteiger partial charge in [0.05, 0.1) is 11.4 Å². The molecule has 2 amide bonds. The van der Waals surface area contributed by atoms with Crippen LogP contribution in [0.3, 0.4) is 0 Å². The van der Waals surface area contributed by atoms with E-state index in [0.29, 0.717) is 29.6 Å². The number of carbonyl (C=O) groups excluding carboxylic acids is 1. The number of likely N-dealkylation sites (tertiary alicyclic amines) is 1. The number of amides is 2. The Hall–Kier alpha value is -4.37. The van der Waals surface area contributed by atoms with Crippen molar-refractivity contribution in [1.82, 2.24) is 19.7 Å². The molecule has 41 heavy (non-hydrogen) atoms. The molecule has 1 saturated heterocycles. The van der Waals surface area contributed by atoms with Crippen molar-refractivity contribution >= 4 is 17.5 Å². The van der Waals surface area contributed by atoms with Gasteiger partial charge in [-0.1, -0.05) is 27.2 Å². The Morgan fingerprint density at radius 1 is 0.854 bits per heavy atom. The molecule has 0 atom stereocenters. The van der Waals surface area contributed by atoms with Gasteiger partial charge < -0.3 is 14.8 Å². The number of benzene rings is 2. The second kappa shape index (κ2) is 12.9. The zero-order valence-corrected chi connectivity index (χ0v) is 24.0. The molecule has 2 N–H and O–H groups in total. The minimum absolute atomic E-state index is 0.194. The van der Waals surface area contributed by atoms with Crippen molar-refractivity contribution in [3.8, 4) is 22.9 Å². The fourth-order valence-corrected chi connectivity index (χ4v) is 4.62. The van der Waals surface area contributed by atoms with Crippen molar-refractivity contribution in [2.75, 3.05) is 36.9 Å². The van der Waals surface area contributed by atoms with E-state index in [1.165, 1.54) is 19.3 Å². The third kappa shape index (κ3) is 7.85. The highest BCUT2D eigenvalue weighted by Gasteiger charge is 2.22. The number of nitrogens with zero attached hydrogens (tertiary/aromatic N) is 4. The van der Waals surface area contributed by atoms with E-state index in [1.54, 1.807) is 53.5 Å². The van der Waals surface area contributed by atoms with E-state index < -0.39 is 0 Å². The van der Waals surface area contributed by atoms with Crippen LogP contribution in [-0.4, -0.2) is 51.9 Å². The molecule has 9 nitrogen and oxygen atoms in total. The van der Waals surface area contributed by atoms with E-state index >= 15 is 0 Å². The van der Waals surface area contributed by atoms with Crippen molar-refractivity contribution in [1.29, 1.82) is 0 Å². The number of ether oxygens (including phenoxy) is 2. The average molecular weight is 555 g/mol. The number of pyridine rings is 1. The van der Waals surface area contributed by atoms with E-state index in [9.17, 15) is 4.79 Å². The van der Waals surface area contributed by atoms with Gasteiger partial charge in [0.25, 0.3) is 0 Å². The van der Waals surface area contributed by atoms with Gasteiger partial charge in [0.15, 0.2) is 0 Å². The molecule has 0 spiro atoms. The van der Waals surface area contributed by atoms with Gasteiger partial charge in [-0.2, -0.15) is 5.10 Å². The molecule has 1 aliphatic heterocycles. The molecule has 9 heteroatoms. The summed E-state index contributed by atoms with van der Waals surface area (Å²) in [4.78, 5) is 19.4. The number of aromatic nitrogens is 3. The topological polar surface area (TPSA) is 93.5 Å². The van der Waals surface area contributed by atoms with E-state index in [-0.39, 0.29) is 11.4 Å². The summed E-state index contributed by atoms with van der Waals surface area (Å²) in [7, 11) is 0. The minimum Gasteiger partial charge on any atom is -0.492 e. The Kier molecular flexibility index (Phi) is 8.84. The SMILES string of the molecule is CC(C)(C)c1cc(NC(=O)Nc2ccc(Oc3ccncc3)cc2)n(-c2ccc(OCCN3CCCCC3)cc2)n1. The van der Waals surface area contributed by atoms with E-state index in [0.717, 1.165) is 36.8 Å². The Labute approximate surface area is 241 Å². The molecule has 0 radical (unpaired) electrons. The van der Waals surface area contributed by atoms with Gasteiger partial charge in [-0.05, 0) is 86.6 Å².